The molecule has 0 heterocycles. The lowest BCUT2D eigenvalue weighted by Crippen LogP contribution is -2.38. The van der Waals surface area contributed by atoms with Crippen LogP contribution in [0.3, 0.4) is 0 Å². The minimum absolute atomic E-state index is 0.00658. The number of halogens is 3. The van der Waals surface area contributed by atoms with E-state index >= 15 is 0 Å². The summed E-state index contributed by atoms with van der Waals surface area (Å²) in [5.41, 5.74) is -1.75. The minimum atomic E-state index is -4.39. The third kappa shape index (κ3) is 4.58. The van der Waals surface area contributed by atoms with Crippen LogP contribution in [0, 0.1) is 5.41 Å². The Morgan fingerprint density at radius 2 is 1.52 bits per heavy atom. The van der Waals surface area contributed by atoms with E-state index in [0.717, 1.165) is 26.4 Å². The van der Waals surface area contributed by atoms with E-state index < -0.39 is 29.1 Å². The summed E-state index contributed by atoms with van der Waals surface area (Å²) in [6.45, 7) is 1.38. The molecule has 1 rings (SSSR count). The Labute approximate surface area is 131 Å². The molecule has 0 spiro atoms. The van der Waals surface area contributed by atoms with Crippen molar-refractivity contribution in [1.82, 2.24) is 0 Å². The summed E-state index contributed by atoms with van der Waals surface area (Å²) >= 11 is 0. The second-order valence-corrected chi connectivity index (χ2v) is 5.04. The monoisotopic (exact) mass is 330 g/mol. The fourth-order valence-electron chi connectivity index (χ4n) is 1.91. The van der Waals surface area contributed by atoms with Gasteiger partial charge in [0.25, 0.3) is 0 Å². The SMILES string of the molecule is COC(=O)C(C)(C/C=C/c1ccc(C(F)(F)F)cc1)C(=O)OC. The first-order valence-electron chi connectivity index (χ1n) is 6.66. The Balaban J connectivity index is 2.87. The second-order valence-electron chi connectivity index (χ2n) is 5.04. The zero-order chi connectivity index (χ0) is 17.7. The lowest BCUT2D eigenvalue weighted by atomic mass is 9.86. The third-order valence-corrected chi connectivity index (χ3v) is 3.35. The molecule has 0 saturated carbocycles. The number of ether oxygens (including phenoxy) is 2. The van der Waals surface area contributed by atoms with E-state index in [1.54, 1.807) is 0 Å². The number of carbonyl (C=O) groups is 2. The van der Waals surface area contributed by atoms with Crippen molar-refractivity contribution in [3.63, 3.8) is 0 Å². The van der Waals surface area contributed by atoms with Gasteiger partial charge in [-0.2, -0.15) is 13.2 Å². The van der Waals surface area contributed by atoms with E-state index in [0.29, 0.717) is 5.56 Å². The summed E-state index contributed by atoms with van der Waals surface area (Å²) in [5.74, 6) is -1.50. The highest BCUT2D eigenvalue weighted by Crippen LogP contribution is 2.30. The number of allylic oxidation sites excluding steroid dienone is 1. The number of benzene rings is 1. The molecular weight excluding hydrogens is 313 g/mol. The van der Waals surface area contributed by atoms with Gasteiger partial charge in [0.15, 0.2) is 5.41 Å². The zero-order valence-corrected chi connectivity index (χ0v) is 12.9. The Bertz CT molecular complexity index is 572. The quantitative estimate of drug-likeness (QED) is 0.613. The number of carbonyl (C=O) groups excluding carboxylic acids is 2. The summed E-state index contributed by atoms with van der Waals surface area (Å²) in [6, 6.07) is 4.51. The first kappa shape index (κ1) is 18.7. The molecule has 0 fully saturated rings. The molecule has 7 heteroatoms. The maximum absolute atomic E-state index is 12.5. The van der Waals surface area contributed by atoms with E-state index in [9.17, 15) is 22.8 Å². The van der Waals surface area contributed by atoms with Crippen LogP contribution in [-0.2, 0) is 25.2 Å². The number of esters is 2. The number of hydrogen-bond donors (Lipinski definition) is 0. The van der Waals surface area contributed by atoms with Gasteiger partial charge in [-0.3, -0.25) is 9.59 Å². The molecule has 0 aliphatic carbocycles. The number of hydrogen-bond acceptors (Lipinski definition) is 4. The smallest absolute Gasteiger partial charge is 0.416 e. The van der Waals surface area contributed by atoms with Crippen LogP contribution in [0.5, 0.6) is 0 Å². The lowest BCUT2D eigenvalue weighted by molar-refractivity contribution is -0.167. The molecule has 0 N–H and O–H groups in total. The molecule has 1 aromatic carbocycles. The molecule has 0 aromatic heterocycles. The molecule has 0 amide bonds. The van der Waals surface area contributed by atoms with Crippen molar-refractivity contribution in [3.05, 3.63) is 41.5 Å². The van der Waals surface area contributed by atoms with Gasteiger partial charge in [-0.25, -0.2) is 0 Å². The molecule has 0 radical (unpaired) electrons. The van der Waals surface area contributed by atoms with Gasteiger partial charge in [0, 0.05) is 0 Å². The van der Waals surface area contributed by atoms with Crippen LogP contribution >= 0.6 is 0 Å². The fourth-order valence-corrected chi connectivity index (χ4v) is 1.91. The van der Waals surface area contributed by atoms with Crippen molar-refractivity contribution >= 4 is 18.0 Å². The predicted molar refractivity (Wildman–Crippen MR) is 77.2 cm³/mol. The molecule has 126 valence electrons. The summed E-state index contributed by atoms with van der Waals surface area (Å²) in [4.78, 5) is 23.5. The first-order chi connectivity index (χ1) is 10.6. The maximum Gasteiger partial charge on any atom is 0.416 e. The molecule has 23 heavy (non-hydrogen) atoms. The predicted octanol–water partition coefficient (Wildman–Crippen LogP) is 3.46. The summed E-state index contributed by atoms with van der Waals surface area (Å²) < 4.78 is 46.6. The minimum Gasteiger partial charge on any atom is -0.468 e. The largest absolute Gasteiger partial charge is 0.468 e. The van der Waals surface area contributed by atoms with Crippen molar-refractivity contribution < 1.29 is 32.2 Å². The molecule has 0 atom stereocenters. The van der Waals surface area contributed by atoms with Crippen molar-refractivity contribution in [2.45, 2.75) is 19.5 Å². The van der Waals surface area contributed by atoms with Gasteiger partial charge in [0.2, 0.25) is 0 Å². The Morgan fingerprint density at radius 1 is 1.04 bits per heavy atom. The zero-order valence-electron chi connectivity index (χ0n) is 12.9. The van der Waals surface area contributed by atoms with Crippen LogP contribution in [0.1, 0.15) is 24.5 Å². The highest BCUT2D eigenvalue weighted by molar-refractivity contribution is 5.99. The summed E-state index contributed by atoms with van der Waals surface area (Å²) in [6.07, 6.45) is -1.37. The molecule has 0 unspecified atom stereocenters. The molecular formula is C16H17F3O4. The molecule has 0 aliphatic heterocycles. The average molecular weight is 330 g/mol. The van der Waals surface area contributed by atoms with Crippen molar-refractivity contribution in [1.29, 1.82) is 0 Å². The summed E-state index contributed by atoms with van der Waals surface area (Å²) in [7, 11) is 2.31. The van der Waals surface area contributed by atoms with E-state index in [4.69, 9.17) is 0 Å². The van der Waals surface area contributed by atoms with E-state index in [-0.39, 0.29) is 6.42 Å². The second kappa shape index (κ2) is 7.30. The Morgan fingerprint density at radius 3 is 1.91 bits per heavy atom. The van der Waals surface area contributed by atoms with Crippen LogP contribution < -0.4 is 0 Å². The van der Waals surface area contributed by atoms with Crippen LogP contribution in [0.4, 0.5) is 13.2 Å². The van der Waals surface area contributed by atoms with Crippen molar-refractivity contribution in [2.75, 3.05) is 14.2 Å². The Hall–Kier alpha value is -2.31. The molecule has 4 nitrogen and oxygen atoms in total. The molecule has 1 aromatic rings. The van der Waals surface area contributed by atoms with Gasteiger partial charge in [-0.05, 0) is 31.0 Å². The van der Waals surface area contributed by atoms with Gasteiger partial charge in [-0.15, -0.1) is 0 Å². The molecule has 0 aliphatic rings. The average Bonchev–Trinajstić information content (AvgIpc) is 2.52. The molecule has 0 bridgehead atoms. The highest BCUT2D eigenvalue weighted by Gasteiger charge is 2.42. The van der Waals surface area contributed by atoms with Crippen molar-refractivity contribution in [2.24, 2.45) is 5.41 Å². The van der Waals surface area contributed by atoms with Gasteiger partial charge >= 0.3 is 18.1 Å². The van der Waals surface area contributed by atoms with Gasteiger partial charge < -0.3 is 9.47 Å². The standard InChI is InChI=1S/C16H17F3O4/c1-15(13(20)22-2,14(21)23-3)10-4-5-11-6-8-12(9-7-11)16(17,18)19/h4-9H,10H2,1-3H3/b5-4+. The fraction of sp³-hybridized carbons (Fsp3) is 0.375. The normalized spacial score (nSPS) is 12.3. The highest BCUT2D eigenvalue weighted by atomic mass is 19.4. The van der Waals surface area contributed by atoms with E-state index in [1.807, 2.05) is 0 Å². The number of alkyl halides is 3. The first-order valence-corrected chi connectivity index (χ1v) is 6.66. The topological polar surface area (TPSA) is 52.6 Å². The lowest BCUT2D eigenvalue weighted by Gasteiger charge is -2.21. The molecule has 0 saturated heterocycles. The van der Waals surface area contributed by atoms with Crippen LogP contribution in [-0.4, -0.2) is 26.2 Å². The van der Waals surface area contributed by atoms with Crippen LogP contribution in [0.15, 0.2) is 30.3 Å². The maximum atomic E-state index is 12.5. The Kier molecular flexibility index (Phi) is 5.95. The van der Waals surface area contributed by atoms with Crippen molar-refractivity contribution in [3.8, 4) is 0 Å². The van der Waals surface area contributed by atoms with Gasteiger partial charge in [-0.1, -0.05) is 24.3 Å². The number of rotatable bonds is 5. The summed E-state index contributed by atoms with van der Waals surface area (Å²) in [5, 5.41) is 0. The van der Waals surface area contributed by atoms with E-state index in [1.165, 1.54) is 31.2 Å². The number of methoxy groups -OCH3 is 2. The third-order valence-electron chi connectivity index (χ3n) is 3.35. The van der Waals surface area contributed by atoms with Gasteiger partial charge in [0.1, 0.15) is 0 Å². The van der Waals surface area contributed by atoms with E-state index in [2.05, 4.69) is 9.47 Å². The van der Waals surface area contributed by atoms with Gasteiger partial charge in [0.05, 0.1) is 19.8 Å². The van der Waals surface area contributed by atoms with Crippen LogP contribution in [0.25, 0.3) is 6.08 Å². The van der Waals surface area contributed by atoms with Crippen LogP contribution in [0.2, 0.25) is 0 Å².